The molecular formula is C44H52F2N6O14P2S. The van der Waals surface area contributed by atoms with E-state index in [0.29, 0.717) is 50.6 Å². The van der Waals surface area contributed by atoms with E-state index in [1.54, 1.807) is 43.3 Å². The average Bonchev–Trinajstić information content (AvgIpc) is 3.99. The lowest BCUT2D eigenvalue weighted by atomic mass is 10.1. The summed E-state index contributed by atoms with van der Waals surface area (Å²) in [5, 5.41) is 0. The highest BCUT2D eigenvalue weighted by atomic mass is 32.7. The molecule has 3 aliphatic heterocycles. The second kappa shape index (κ2) is 22.6. The number of fused-ring (bicyclic) bond motifs is 3. The number of phosphoric acid groups is 1. The number of nitrogens with one attached hydrogen (secondary N) is 1. The topological polar surface area (TPSA) is 244 Å². The minimum atomic E-state index is -5.24. The van der Waals surface area contributed by atoms with Crippen molar-refractivity contribution < 1.29 is 64.6 Å². The molecule has 2 unspecified atom stereocenters. The number of esters is 1. The summed E-state index contributed by atoms with van der Waals surface area (Å²) in [5.41, 5.74) is 0.0115. The predicted molar refractivity (Wildman–Crippen MR) is 245 cm³/mol. The molecule has 2 aromatic carbocycles. The first kappa shape index (κ1) is 50.7. The molecule has 372 valence electrons. The Morgan fingerprint density at radius 3 is 2.16 bits per heavy atom. The zero-order chi connectivity index (χ0) is 48.7. The molecule has 0 bridgehead atoms. The van der Waals surface area contributed by atoms with Crippen LogP contribution >= 0.6 is 26.0 Å². The highest BCUT2D eigenvalue weighted by molar-refractivity contribution is 8.54. The Hall–Kier alpha value is -4.67. The van der Waals surface area contributed by atoms with Gasteiger partial charge in [-0.2, -0.15) is 0 Å². The quantitative estimate of drug-likeness (QED) is 0.0390. The van der Waals surface area contributed by atoms with Gasteiger partial charge in [-0.05, 0) is 66.7 Å². The van der Waals surface area contributed by atoms with Gasteiger partial charge in [0.2, 0.25) is 0 Å². The maximum Gasteiger partial charge on any atom is 0.472 e. The van der Waals surface area contributed by atoms with Gasteiger partial charge in [-0.1, -0.05) is 64.0 Å². The predicted octanol–water partition coefficient (Wildman–Crippen LogP) is 7.85. The summed E-state index contributed by atoms with van der Waals surface area (Å²) in [4.78, 5) is 62.8. The van der Waals surface area contributed by atoms with Crippen molar-refractivity contribution in [3.05, 3.63) is 111 Å². The second-order valence-electron chi connectivity index (χ2n) is 16.6. The van der Waals surface area contributed by atoms with Crippen LogP contribution in [0.15, 0.2) is 83.0 Å². The van der Waals surface area contributed by atoms with Crippen LogP contribution in [-0.2, 0) is 42.5 Å². The third kappa shape index (κ3) is 12.4. The van der Waals surface area contributed by atoms with Crippen molar-refractivity contribution in [1.29, 1.82) is 0 Å². The maximum atomic E-state index is 16.8. The van der Waals surface area contributed by atoms with E-state index < -0.39 is 94.3 Å². The summed E-state index contributed by atoms with van der Waals surface area (Å²) in [6, 6.07) is 13.8. The summed E-state index contributed by atoms with van der Waals surface area (Å²) < 4.78 is 109. The first-order valence-electron chi connectivity index (χ1n) is 22.5. The van der Waals surface area contributed by atoms with Crippen molar-refractivity contribution in [1.82, 2.24) is 29.1 Å². The molecule has 0 spiro atoms. The molecule has 0 amide bonds. The summed E-state index contributed by atoms with van der Waals surface area (Å²) >= 11 is 0.624. The average molecular weight is 1020 g/mol. The van der Waals surface area contributed by atoms with E-state index in [1.807, 2.05) is 4.98 Å². The van der Waals surface area contributed by atoms with E-state index >= 15 is 8.78 Å². The summed E-state index contributed by atoms with van der Waals surface area (Å²) in [6.07, 6.45) is -1.83. The number of alkyl halides is 2. The minimum absolute atomic E-state index is 0.0954. The lowest BCUT2D eigenvalue weighted by Gasteiger charge is -2.29. The molecule has 3 saturated heterocycles. The number of hydrogen-bond acceptors (Lipinski definition) is 17. The molecule has 0 radical (unpaired) electrons. The van der Waals surface area contributed by atoms with Crippen LogP contribution in [0.25, 0.3) is 11.2 Å². The number of aromatic nitrogens is 6. The van der Waals surface area contributed by atoms with Crippen molar-refractivity contribution in [2.45, 2.75) is 120 Å². The molecule has 6 heterocycles. The Morgan fingerprint density at radius 1 is 0.826 bits per heavy atom. The standard InChI is InChI=1S/C44H52F2N6O14P2S/c1-3-4-5-6-7-8-9-10-21-59-30-17-13-29(14-18-30)43(54)62-31-15-11-28(12-16-31)24-69-68(58)61-23-33-38(35(45)41(63-33)51-20-19-34(53)50-44(51)55)65-67(56,57)60-22-32-39(66-68)36(46)42(64-32)52-26-49-37-27(2)47-25-48-40(37)52/h11-20,25-26,32-33,35-36,38-39,41-42H,3-10,21-24H2,1-2H3,(H,56,57)(H,50,53,55)/t32-,33-,35-,36-,38-,39-,41-,42-,68?/m1/s1. The zero-order valence-electron chi connectivity index (χ0n) is 37.6. The molecular weight excluding hydrogens is 969 g/mol. The Labute approximate surface area is 398 Å². The maximum absolute atomic E-state index is 16.8. The summed E-state index contributed by atoms with van der Waals surface area (Å²) in [5.74, 6) is 0.153. The highest BCUT2D eigenvalue weighted by Gasteiger charge is 2.55. The fourth-order valence-electron chi connectivity index (χ4n) is 7.99. The van der Waals surface area contributed by atoms with Crippen molar-refractivity contribution in [2.75, 3.05) is 19.8 Å². The number of H-pyrrole nitrogens is 1. The Bertz CT molecular complexity index is 2770. The van der Waals surface area contributed by atoms with Crippen molar-refractivity contribution >= 4 is 43.1 Å². The number of nitrogens with zero attached hydrogens (tertiary/aromatic N) is 5. The van der Waals surface area contributed by atoms with Gasteiger partial charge in [0, 0.05) is 18.0 Å². The van der Waals surface area contributed by atoms with Crippen LogP contribution in [0, 0.1) is 6.92 Å². The van der Waals surface area contributed by atoms with Crippen LogP contribution in [0.3, 0.4) is 0 Å². The molecule has 3 aromatic heterocycles. The Morgan fingerprint density at radius 2 is 1.46 bits per heavy atom. The number of aryl methyl sites for hydroxylation is 1. The van der Waals surface area contributed by atoms with E-state index in [1.165, 1.54) is 67.9 Å². The molecule has 69 heavy (non-hydrogen) atoms. The number of imidazole rings is 1. The molecule has 5 aromatic rings. The molecule has 25 heteroatoms. The van der Waals surface area contributed by atoms with E-state index in [2.05, 4.69) is 21.9 Å². The normalized spacial score (nSPS) is 28.4. The fraction of sp³-hybridized carbons (Fsp3) is 0.500. The van der Waals surface area contributed by atoms with Gasteiger partial charge in [0.1, 0.15) is 47.8 Å². The van der Waals surface area contributed by atoms with Gasteiger partial charge in [0.25, 0.3) is 5.56 Å². The highest BCUT2D eigenvalue weighted by Crippen LogP contribution is 2.65. The van der Waals surface area contributed by atoms with Crippen LogP contribution in [0.4, 0.5) is 8.78 Å². The molecule has 20 nitrogen and oxygen atoms in total. The summed E-state index contributed by atoms with van der Waals surface area (Å²) in [7, 11) is -5.24. The van der Waals surface area contributed by atoms with Crippen LogP contribution in [-0.4, -0.2) is 96.5 Å². The Balaban J connectivity index is 0.956. The number of benzene rings is 2. The summed E-state index contributed by atoms with van der Waals surface area (Å²) in [6.45, 7) is -1.88. The van der Waals surface area contributed by atoms with E-state index in [4.69, 9.17) is 37.0 Å². The second-order valence-corrected chi connectivity index (χ2v) is 22.1. The van der Waals surface area contributed by atoms with Crippen LogP contribution < -0.4 is 20.7 Å². The first-order valence-corrected chi connectivity index (χ1v) is 27.2. The SMILES string of the molecule is CCCCCCCCCCOc1ccc(C(=O)Oc2ccc(CSP3(=O)OC[C@H]4O[C@@H](n5ccc(=O)[nH]c5=O)[C@H](F)[C@@H]4OP(=O)(O)OC[C@H]4O[C@@H](n5cnc6c(C)ncnc65)[C@H](F)[C@@H]4O3)cc2)cc1. The molecule has 2 N–H and O–H groups in total. The number of aromatic amines is 1. The lowest BCUT2D eigenvalue weighted by Crippen LogP contribution is -2.38. The molecule has 0 saturated carbocycles. The van der Waals surface area contributed by atoms with E-state index in [-0.39, 0.29) is 17.1 Å². The molecule has 3 fully saturated rings. The number of carbonyl (C=O) groups excluding carboxylic acids is 1. The van der Waals surface area contributed by atoms with E-state index in [9.17, 15) is 28.4 Å². The Kier molecular flexibility index (Phi) is 16.6. The molecule has 0 aliphatic carbocycles. The van der Waals surface area contributed by atoms with Gasteiger partial charge >= 0.3 is 26.3 Å². The molecule has 3 aliphatic rings. The molecule has 10 atom stereocenters. The number of unbranched alkanes of at least 4 members (excludes halogenated alkanes) is 7. The number of halogens is 2. The number of rotatable bonds is 17. The minimum Gasteiger partial charge on any atom is -0.494 e. The smallest absolute Gasteiger partial charge is 0.472 e. The van der Waals surface area contributed by atoms with E-state index in [0.717, 1.165) is 25.1 Å². The van der Waals surface area contributed by atoms with Crippen molar-refractivity contribution in [3.8, 4) is 11.5 Å². The number of carbonyl (C=O) groups is 1. The molecule has 8 rings (SSSR count). The third-order valence-corrected chi connectivity index (χ3v) is 16.3. The van der Waals surface area contributed by atoms with Crippen LogP contribution in [0.2, 0.25) is 0 Å². The number of ether oxygens (including phenoxy) is 4. The largest absolute Gasteiger partial charge is 0.494 e. The van der Waals surface area contributed by atoms with Crippen LogP contribution in [0.1, 0.15) is 92.4 Å². The zero-order valence-corrected chi connectivity index (χ0v) is 40.2. The van der Waals surface area contributed by atoms with Crippen molar-refractivity contribution in [3.63, 3.8) is 0 Å². The fourth-order valence-corrected chi connectivity index (χ4v) is 12.3. The van der Waals surface area contributed by atoms with Gasteiger partial charge in [-0.3, -0.25) is 37.0 Å². The van der Waals surface area contributed by atoms with Gasteiger partial charge in [0.05, 0.1) is 37.4 Å². The number of phosphoric ester groups is 1. The third-order valence-electron chi connectivity index (χ3n) is 11.7. The first-order chi connectivity index (χ1) is 33.2. The monoisotopic (exact) mass is 1020 g/mol. The van der Waals surface area contributed by atoms with Gasteiger partial charge in [-0.25, -0.2) is 42.5 Å². The lowest BCUT2D eigenvalue weighted by molar-refractivity contribution is -0.0616. The van der Waals surface area contributed by atoms with Crippen molar-refractivity contribution in [2.24, 2.45) is 0 Å². The number of hydrogen-bond donors (Lipinski definition) is 2. The van der Waals surface area contributed by atoms with Crippen LogP contribution in [0.5, 0.6) is 11.5 Å². The van der Waals surface area contributed by atoms with Gasteiger partial charge < -0.3 is 23.8 Å². The van der Waals surface area contributed by atoms with Gasteiger partial charge in [-0.15, -0.1) is 0 Å². The van der Waals surface area contributed by atoms with Gasteiger partial charge in [0.15, 0.2) is 30.4 Å².